The normalized spacial score (nSPS) is 10.5. The monoisotopic (exact) mass is 354 g/mol. The third-order valence-corrected chi connectivity index (χ3v) is 3.64. The third-order valence-electron chi connectivity index (χ3n) is 3.04. The number of aryl methyl sites for hydroxylation is 2. The number of rotatable bonds is 2. The predicted molar refractivity (Wildman–Crippen MR) is 82.3 cm³/mol. The van der Waals surface area contributed by atoms with Crippen LogP contribution >= 0.6 is 15.9 Å². The Hall–Kier alpha value is -1.95. The fourth-order valence-electron chi connectivity index (χ4n) is 1.93. The molecule has 0 aliphatic carbocycles. The van der Waals surface area contributed by atoms with Crippen LogP contribution in [0.15, 0.2) is 28.7 Å². The molecule has 0 aliphatic heterocycles. The number of amides is 1. The first-order valence-electron chi connectivity index (χ1n) is 6.12. The van der Waals surface area contributed by atoms with E-state index in [-0.39, 0.29) is 15.6 Å². The number of nitrogens with one attached hydrogen (secondary N) is 1. The van der Waals surface area contributed by atoms with Crippen molar-refractivity contribution in [3.8, 4) is 0 Å². The van der Waals surface area contributed by atoms with Crippen LogP contribution in [0.4, 0.5) is 20.2 Å². The zero-order chi connectivity index (χ0) is 15.7. The molecule has 0 aromatic heterocycles. The Morgan fingerprint density at radius 1 is 1.14 bits per heavy atom. The van der Waals surface area contributed by atoms with E-state index in [1.165, 1.54) is 31.2 Å². The first kappa shape index (κ1) is 15.4. The second-order valence-electron chi connectivity index (χ2n) is 4.73. The van der Waals surface area contributed by atoms with Crippen molar-refractivity contribution in [1.82, 2.24) is 0 Å². The van der Waals surface area contributed by atoms with Gasteiger partial charge in [-0.05, 0) is 65.2 Å². The van der Waals surface area contributed by atoms with Crippen molar-refractivity contribution in [2.45, 2.75) is 13.8 Å². The first-order valence-corrected chi connectivity index (χ1v) is 6.91. The van der Waals surface area contributed by atoms with E-state index < -0.39 is 17.5 Å². The van der Waals surface area contributed by atoms with Gasteiger partial charge in [-0.3, -0.25) is 4.79 Å². The van der Waals surface area contributed by atoms with Crippen LogP contribution in [0.2, 0.25) is 0 Å². The second kappa shape index (κ2) is 5.81. The molecular weight excluding hydrogens is 342 g/mol. The van der Waals surface area contributed by atoms with Crippen molar-refractivity contribution in [1.29, 1.82) is 0 Å². The molecule has 2 rings (SSSR count). The zero-order valence-corrected chi connectivity index (χ0v) is 13.0. The van der Waals surface area contributed by atoms with Gasteiger partial charge in [0.15, 0.2) is 0 Å². The average molecular weight is 355 g/mol. The van der Waals surface area contributed by atoms with Crippen LogP contribution in [0.3, 0.4) is 0 Å². The zero-order valence-electron chi connectivity index (χ0n) is 11.4. The van der Waals surface area contributed by atoms with Crippen molar-refractivity contribution >= 4 is 33.2 Å². The van der Waals surface area contributed by atoms with Gasteiger partial charge in [0.05, 0.1) is 10.0 Å². The number of halogens is 3. The predicted octanol–water partition coefficient (Wildman–Crippen LogP) is 4.18. The van der Waals surface area contributed by atoms with Gasteiger partial charge in [0, 0.05) is 11.4 Å². The fourth-order valence-corrected chi connectivity index (χ4v) is 2.28. The summed E-state index contributed by atoms with van der Waals surface area (Å²) < 4.78 is 27.6. The molecule has 3 N–H and O–H groups in total. The number of anilines is 2. The smallest absolute Gasteiger partial charge is 0.258 e. The van der Waals surface area contributed by atoms with E-state index in [1.54, 1.807) is 6.92 Å². The van der Waals surface area contributed by atoms with Gasteiger partial charge >= 0.3 is 0 Å². The van der Waals surface area contributed by atoms with Crippen LogP contribution in [0.25, 0.3) is 0 Å². The highest BCUT2D eigenvalue weighted by atomic mass is 79.9. The molecule has 0 atom stereocenters. The molecular formula is C15H13BrF2N2O. The minimum Gasteiger partial charge on any atom is -0.399 e. The fraction of sp³-hybridized carbons (Fsp3) is 0.133. The standard InChI is InChI=1S/C15H13BrF2N2O/c1-7-4-12(17)11(16)6-13(7)20-15(21)10-5-9(19)3-8(2)14(10)18/h3-6H,19H2,1-2H3,(H,20,21). The number of benzene rings is 2. The molecule has 0 spiro atoms. The summed E-state index contributed by atoms with van der Waals surface area (Å²) in [7, 11) is 0. The van der Waals surface area contributed by atoms with Gasteiger partial charge in [0.2, 0.25) is 0 Å². The van der Waals surface area contributed by atoms with E-state index in [4.69, 9.17) is 5.73 Å². The maximum absolute atomic E-state index is 14.0. The number of nitrogens with two attached hydrogens (primary N) is 1. The summed E-state index contributed by atoms with van der Waals surface area (Å²) in [5, 5.41) is 2.56. The van der Waals surface area contributed by atoms with Crippen LogP contribution in [0.5, 0.6) is 0 Å². The first-order chi connectivity index (χ1) is 9.79. The van der Waals surface area contributed by atoms with Crippen molar-refractivity contribution in [2.75, 3.05) is 11.1 Å². The minimum atomic E-state index is -0.635. The quantitative estimate of drug-likeness (QED) is 0.794. The summed E-state index contributed by atoms with van der Waals surface area (Å²) in [6.07, 6.45) is 0. The number of carbonyl (C=O) groups is 1. The third kappa shape index (κ3) is 3.21. The van der Waals surface area contributed by atoms with Gasteiger partial charge < -0.3 is 11.1 Å². The van der Waals surface area contributed by atoms with Crippen molar-refractivity contribution < 1.29 is 13.6 Å². The van der Waals surface area contributed by atoms with Crippen LogP contribution in [-0.2, 0) is 0 Å². The van der Waals surface area contributed by atoms with E-state index >= 15 is 0 Å². The highest BCUT2D eigenvalue weighted by molar-refractivity contribution is 9.10. The molecule has 2 aromatic rings. The highest BCUT2D eigenvalue weighted by Gasteiger charge is 2.16. The van der Waals surface area contributed by atoms with Gasteiger partial charge in [-0.2, -0.15) is 0 Å². The van der Waals surface area contributed by atoms with E-state index in [0.717, 1.165) is 0 Å². The number of nitrogen functional groups attached to an aromatic ring is 1. The molecule has 6 heteroatoms. The summed E-state index contributed by atoms with van der Waals surface area (Å²) in [6.45, 7) is 3.17. The lowest BCUT2D eigenvalue weighted by atomic mass is 10.1. The molecule has 2 aromatic carbocycles. The SMILES string of the molecule is Cc1cc(F)c(Br)cc1NC(=O)c1cc(N)cc(C)c1F. The Bertz CT molecular complexity index is 732. The summed E-state index contributed by atoms with van der Waals surface area (Å²) in [4.78, 5) is 12.2. The van der Waals surface area contributed by atoms with E-state index in [9.17, 15) is 13.6 Å². The van der Waals surface area contributed by atoms with Crippen LogP contribution in [0.1, 0.15) is 21.5 Å². The minimum absolute atomic E-state index is 0.146. The number of hydrogen-bond acceptors (Lipinski definition) is 2. The molecule has 0 heterocycles. The Balaban J connectivity index is 2.37. The van der Waals surface area contributed by atoms with Crippen LogP contribution in [-0.4, -0.2) is 5.91 Å². The summed E-state index contributed by atoms with van der Waals surface area (Å²) >= 11 is 3.04. The number of carbonyl (C=O) groups excluding carboxylic acids is 1. The molecule has 3 nitrogen and oxygen atoms in total. The molecule has 0 unspecified atom stereocenters. The molecule has 110 valence electrons. The second-order valence-corrected chi connectivity index (χ2v) is 5.59. The van der Waals surface area contributed by atoms with Crippen molar-refractivity contribution in [3.63, 3.8) is 0 Å². The Morgan fingerprint density at radius 3 is 2.48 bits per heavy atom. The van der Waals surface area contributed by atoms with Crippen LogP contribution < -0.4 is 11.1 Å². The summed E-state index contributed by atoms with van der Waals surface area (Å²) in [5.74, 6) is -1.69. The lowest BCUT2D eigenvalue weighted by Gasteiger charge is -2.11. The van der Waals surface area contributed by atoms with E-state index in [1.807, 2.05) is 0 Å². The molecule has 0 radical (unpaired) electrons. The maximum Gasteiger partial charge on any atom is 0.258 e. The molecule has 0 saturated carbocycles. The molecule has 0 bridgehead atoms. The van der Waals surface area contributed by atoms with Gasteiger partial charge in [0.1, 0.15) is 11.6 Å². The van der Waals surface area contributed by atoms with Crippen LogP contribution in [0, 0.1) is 25.5 Å². The Labute approximate surface area is 129 Å². The molecule has 0 fully saturated rings. The largest absolute Gasteiger partial charge is 0.399 e. The average Bonchev–Trinajstić information content (AvgIpc) is 2.40. The van der Waals surface area contributed by atoms with E-state index in [2.05, 4.69) is 21.2 Å². The van der Waals surface area contributed by atoms with E-state index in [0.29, 0.717) is 16.9 Å². The summed E-state index contributed by atoms with van der Waals surface area (Å²) in [6, 6.07) is 5.43. The lowest BCUT2D eigenvalue weighted by Crippen LogP contribution is -2.16. The van der Waals surface area contributed by atoms with Crippen molar-refractivity contribution in [3.05, 3.63) is 57.1 Å². The Morgan fingerprint density at radius 2 is 1.81 bits per heavy atom. The molecule has 0 saturated heterocycles. The highest BCUT2D eigenvalue weighted by Crippen LogP contribution is 2.25. The van der Waals surface area contributed by atoms with Gasteiger partial charge in [-0.1, -0.05) is 0 Å². The molecule has 21 heavy (non-hydrogen) atoms. The topological polar surface area (TPSA) is 55.1 Å². The van der Waals surface area contributed by atoms with Gasteiger partial charge in [-0.15, -0.1) is 0 Å². The van der Waals surface area contributed by atoms with Gasteiger partial charge in [-0.25, -0.2) is 8.78 Å². The molecule has 0 aliphatic rings. The Kier molecular flexibility index (Phi) is 4.27. The number of hydrogen-bond donors (Lipinski definition) is 2. The molecule has 1 amide bonds. The van der Waals surface area contributed by atoms with Gasteiger partial charge in [0.25, 0.3) is 5.91 Å². The summed E-state index contributed by atoms with van der Waals surface area (Å²) in [5.41, 5.74) is 7.00. The lowest BCUT2D eigenvalue weighted by molar-refractivity contribution is 0.102. The maximum atomic E-state index is 14.0. The van der Waals surface area contributed by atoms with Crippen molar-refractivity contribution in [2.24, 2.45) is 0 Å².